The van der Waals surface area contributed by atoms with Crippen LogP contribution in [0.3, 0.4) is 0 Å². The van der Waals surface area contributed by atoms with Gasteiger partial charge in [0.1, 0.15) is 23.2 Å². The summed E-state index contributed by atoms with van der Waals surface area (Å²) in [6.45, 7) is 4.07. The number of rotatable bonds is 3. The van der Waals surface area contributed by atoms with Gasteiger partial charge in [0.25, 0.3) is 0 Å². The van der Waals surface area contributed by atoms with E-state index < -0.39 is 5.41 Å². The van der Waals surface area contributed by atoms with E-state index in [1.807, 2.05) is 13.8 Å². The maximum Gasteiger partial charge on any atom is 0.229 e. The van der Waals surface area contributed by atoms with Crippen LogP contribution in [0.4, 0.5) is 0 Å². The molecule has 0 radical (unpaired) electrons. The molecule has 0 spiro atoms. The maximum atomic E-state index is 6.24. The van der Waals surface area contributed by atoms with Gasteiger partial charge in [0.2, 0.25) is 5.89 Å². The molecule has 0 bridgehead atoms. The highest BCUT2D eigenvalue weighted by Gasteiger charge is 2.44. The Morgan fingerprint density at radius 3 is 2.60 bits per heavy atom. The van der Waals surface area contributed by atoms with E-state index in [4.69, 9.17) is 16.0 Å². The largest absolute Gasteiger partial charge is 0.444 e. The molecule has 20 heavy (non-hydrogen) atoms. The van der Waals surface area contributed by atoms with Crippen molar-refractivity contribution in [3.63, 3.8) is 0 Å². The lowest BCUT2D eigenvalue weighted by atomic mass is 9.77. The zero-order valence-electron chi connectivity index (χ0n) is 11.0. The quantitative estimate of drug-likeness (QED) is 0.870. The van der Waals surface area contributed by atoms with Crippen molar-refractivity contribution in [3.8, 4) is 11.5 Å². The second-order valence-electron chi connectivity index (χ2n) is 4.82. The van der Waals surface area contributed by atoms with Gasteiger partial charge in [0, 0.05) is 18.6 Å². The first kappa shape index (κ1) is 12.9. The van der Waals surface area contributed by atoms with Gasteiger partial charge < -0.3 is 4.42 Å². The van der Waals surface area contributed by atoms with Crippen LogP contribution in [0.25, 0.3) is 11.5 Å². The van der Waals surface area contributed by atoms with Crippen molar-refractivity contribution in [1.82, 2.24) is 15.0 Å². The summed E-state index contributed by atoms with van der Waals surface area (Å²) in [5.74, 6) is 0.598. The molecule has 7 heteroatoms. The van der Waals surface area contributed by atoms with Gasteiger partial charge in [-0.25, -0.2) is 15.0 Å². The van der Waals surface area contributed by atoms with Crippen LogP contribution < -0.4 is 0 Å². The third-order valence-corrected chi connectivity index (χ3v) is 3.78. The first-order chi connectivity index (χ1) is 9.64. The zero-order valence-corrected chi connectivity index (χ0v) is 11.7. The van der Waals surface area contributed by atoms with Crippen molar-refractivity contribution in [3.05, 3.63) is 30.7 Å². The molecular weight excluding hydrogens is 278 g/mol. The lowest BCUT2D eigenvalue weighted by Crippen LogP contribution is -2.38. The van der Waals surface area contributed by atoms with Gasteiger partial charge in [-0.2, -0.15) is 5.10 Å². The van der Waals surface area contributed by atoms with Crippen molar-refractivity contribution in [2.75, 3.05) is 0 Å². The van der Waals surface area contributed by atoms with Crippen molar-refractivity contribution < 1.29 is 4.42 Å². The summed E-state index contributed by atoms with van der Waals surface area (Å²) in [4.78, 5) is 12.4. The Kier molecular flexibility index (Phi) is 3.10. The zero-order chi connectivity index (χ0) is 14.2. The molecule has 0 saturated heterocycles. The van der Waals surface area contributed by atoms with E-state index in [1.165, 1.54) is 6.33 Å². The smallest absolute Gasteiger partial charge is 0.229 e. The van der Waals surface area contributed by atoms with Crippen LogP contribution in [0.15, 0.2) is 39.6 Å². The molecule has 1 atom stereocenters. The minimum atomic E-state index is -0.626. The van der Waals surface area contributed by atoms with Gasteiger partial charge in [-0.05, 0) is 5.92 Å². The van der Waals surface area contributed by atoms with Gasteiger partial charge in [-0.1, -0.05) is 25.4 Å². The van der Waals surface area contributed by atoms with E-state index in [9.17, 15) is 0 Å². The third kappa shape index (κ3) is 1.84. The summed E-state index contributed by atoms with van der Waals surface area (Å²) >= 11 is 6.24. The second kappa shape index (κ2) is 4.79. The van der Waals surface area contributed by atoms with Crippen LogP contribution in [-0.2, 0) is 5.41 Å². The summed E-state index contributed by atoms with van der Waals surface area (Å²) in [7, 11) is 0. The molecule has 0 fully saturated rings. The predicted molar refractivity (Wildman–Crippen MR) is 75.8 cm³/mol. The molecular formula is C13H12ClN5O. The molecule has 102 valence electrons. The fourth-order valence-electron chi connectivity index (χ4n) is 2.17. The SMILES string of the molecule is CC(C)C1(c2coc(-c3cncnc3)n2)C=NN=C1Cl. The normalized spacial score (nSPS) is 21.5. The number of aromatic nitrogens is 3. The number of halogens is 1. The predicted octanol–water partition coefficient (Wildman–Crippen LogP) is 2.66. The van der Waals surface area contributed by atoms with Crippen molar-refractivity contribution in [2.24, 2.45) is 16.1 Å². The third-order valence-electron chi connectivity index (χ3n) is 3.39. The fraction of sp³-hybridized carbons (Fsp3) is 0.308. The molecule has 1 unspecified atom stereocenters. The average Bonchev–Trinajstić information content (AvgIpc) is 3.06. The number of oxazole rings is 1. The Bertz CT molecular complexity index is 679. The highest BCUT2D eigenvalue weighted by Crippen LogP contribution is 2.37. The highest BCUT2D eigenvalue weighted by atomic mass is 35.5. The van der Waals surface area contributed by atoms with Crippen molar-refractivity contribution >= 4 is 23.0 Å². The number of hydrogen-bond donors (Lipinski definition) is 0. The Labute approximate surface area is 120 Å². The molecule has 1 aliphatic heterocycles. The van der Waals surface area contributed by atoms with Gasteiger partial charge in [-0.3, -0.25) is 0 Å². The summed E-state index contributed by atoms with van der Waals surface area (Å²) in [6.07, 6.45) is 8.03. The van der Waals surface area contributed by atoms with Crippen LogP contribution in [0.5, 0.6) is 0 Å². The summed E-state index contributed by atoms with van der Waals surface area (Å²) in [6, 6.07) is 0. The standard InChI is InChI=1S/C13H12ClN5O/c1-8(2)13(6-17-19-12(13)14)10-5-20-11(18-10)9-3-15-7-16-4-9/h3-8H,1-2H3. The first-order valence-electron chi connectivity index (χ1n) is 6.14. The van der Waals surface area contributed by atoms with Crippen LogP contribution in [0.1, 0.15) is 19.5 Å². The fourth-order valence-corrected chi connectivity index (χ4v) is 2.57. The van der Waals surface area contributed by atoms with E-state index in [-0.39, 0.29) is 5.92 Å². The minimum Gasteiger partial charge on any atom is -0.444 e. The minimum absolute atomic E-state index is 0.148. The Morgan fingerprint density at radius 1 is 1.25 bits per heavy atom. The molecule has 3 heterocycles. The Balaban J connectivity index is 2.06. The molecule has 2 aromatic heterocycles. The van der Waals surface area contributed by atoms with Crippen LogP contribution in [0.2, 0.25) is 0 Å². The van der Waals surface area contributed by atoms with E-state index in [2.05, 4.69) is 25.2 Å². The summed E-state index contributed by atoms with van der Waals surface area (Å²) in [5, 5.41) is 8.24. The van der Waals surface area contributed by atoms with Crippen molar-refractivity contribution in [1.29, 1.82) is 0 Å². The van der Waals surface area contributed by atoms with E-state index in [0.29, 0.717) is 22.3 Å². The first-order valence-corrected chi connectivity index (χ1v) is 6.52. The Hall–Kier alpha value is -2.08. The maximum absolute atomic E-state index is 6.24. The molecule has 6 nitrogen and oxygen atoms in total. The van der Waals surface area contributed by atoms with E-state index in [0.717, 1.165) is 0 Å². The number of hydrogen-bond acceptors (Lipinski definition) is 6. The lowest BCUT2D eigenvalue weighted by molar-refractivity contribution is 0.522. The van der Waals surface area contributed by atoms with E-state index >= 15 is 0 Å². The molecule has 0 aromatic carbocycles. The van der Waals surface area contributed by atoms with Gasteiger partial charge in [0.05, 0.1) is 11.3 Å². The van der Waals surface area contributed by atoms with Gasteiger partial charge in [0.15, 0.2) is 0 Å². The molecule has 1 aliphatic rings. The molecule has 0 N–H and O–H groups in total. The van der Waals surface area contributed by atoms with Gasteiger partial charge in [-0.15, -0.1) is 5.10 Å². The topological polar surface area (TPSA) is 76.5 Å². The summed E-state index contributed by atoms with van der Waals surface area (Å²) in [5.41, 5.74) is 0.765. The van der Waals surface area contributed by atoms with Gasteiger partial charge >= 0.3 is 0 Å². The highest BCUT2D eigenvalue weighted by molar-refractivity contribution is 6.69. The van der Waals surface area contributed by atoms with E-state index in [1.54, 1.807) is 24.9 Å². The van der Waals surface area contributed by atoms with Crippen LogP contribution in [0, 0.1) is 5.92 Å². The molecule has 0 amide bonds. The molecule has 2 aromatic rings. The average molecular weight is 290 g/mol. The molecule has 3 rings (SSSR count). The second-order valence-corrected chi connectivity index (χ2v) is 5.18. The summed E-state index contributed by atoms with van der Waals surface area (Å²) < 4.78 is 5.52. The monoisotopic (exact) mass is 289 g/mol. The molecule has 0 saturated carbocycles. The lowest BCUT2D eigenvalue weighted by Gasteiger charge is -2.26. The Morgan fingerprint density at radius 2 is 2.00 bits per heavy atom. The van der Waals surface area contributed by atoms with Crippen molar-refractivity contribution in [2.45, 2.75) is 19.3 Å². The van der Waals surface area contributed by atoms with Crippen LogP contribution in [-0.4, -0.2) is 26.3 Å². The number of nitrogens with zero attached hydrogens (tertiary/aromatic N) is 5. The molecule has 0 aliphatic carbocycles. The van der Waals surface area contributed by atoms with Crippen LogP contribution >= 0.6 is 11.6 Å².